The zero-order valence-electron chi connectivity index (χ0n) is 9.70. The molecular formula is C11H14O4S. The Labute approximate surface area is 98.9 Å². The van der Waals surface area contributed by atoms with E-state index in [1.165, 1.54) is 18.9 Å². The molecule has 5 heteroatoms. The predicted octanol–water partition coefficient (Wildman–Crippen LogP) is 2.21. The Bertz CT molecular complexity index is 365. The first kappa shape index (κ1) is 12.7. The molecule has 0 aliphatic rings. The van der Waals surface area contributed by atoms with E-state index in [1.807, 2.05) is 6.26 Å². The second-order valence-electron chi connectivity index (χ2n) is 2.91. The summed E-state index contributed by atoms with van der Waals surface area (Å²) in [5, 5.41) is 0. The van der Waals surface area contributed by atoms with Gasteiger partial charge in [-0.15, -0.1) is 11.8 Å². The average Bonchev–Trinajstić information content (AvgIpc) is 2.35. The van der Waals surface area contributed by atoms with Gasteiger partial charge in [0.05, 0.1) is 31.8 Å². The Hall–Kier alpha value is -1.36. The lowest BCUT2D eigenvalue weighted by Gasteiger charge is -2.12. The van der Waals surface area contributed by atoms with Crippen molar-refractivity contribution >= 4 is 17.7 Å². The number of esters is 1. The zero-order valence-corrected chi connectivity index (χ0v) is 10.5. The number of methoxy groups -OCH3 is 3. The summed E-state index contributed by atoms with van der Waals surface area (Å²) in [6.45, 7) is 0. The van der Waals surface area contributed by atoms with Crippen LogP contribution in [0.2, 0.25) is 0 Å². The summed E-state index contributed by atoms with van der Waals surface area (Å²) in [7, 11) is 4.44. The molecule has 0 saturated carbocycles. The fraction of sp³-hybridized carbons (Fsp3) is 0.364. The number of carbonyl (C=O) groups excluding carboxylic acids is 1. The Morgan fingerprint density at radius 2 is 1.62 bits per heavy atom. The molecule has 0 amide bonds. The number of hydrogen-bond acceptors (Lipinski definition) is 5. The molecule has 0 atom stereocenters. The third kappa shape index (κ3) is 2.41. The van der Waals surface area contributed by atoms with Crippen molar-refractivity contribution in [3.63, 3.8) is 0 Å². The van der Waals surface area contributed by atoms with Crippen LogP contribution in [0, 0.1) is 0 Å². The molecule has 0 saturated heterocycles. The zero-order chi connectivity index (χ0) is 12.1. The molecule has 0 fully saturated rings. The minimum absolute atomic E-state index is 0.411. The predicted molar refractivity (Wildman–Crippen MR) is 62.7 cm³/mol. The molecule has 0 aromatic heterocycles. The van der Waals surface area contributed by atoms with Crippen LogP contribution in [0.25, 0.3) is 0 Å². The van der Waals surface area contributed by atoms with Crippen molar-refractivity contribution < 1.29 is 19.0 Å². The van der Waals surface area contributed by atoms with Crippen LogP contribution in [0.5, 0.6) is 11.5 Å². The van der Waals surface area contributed by atoms with Crippen LogP contribution in [-0.2, 0) is 4.74 Å². The van der Waals surface area contributed by atoms with Crippen molar-refractivity contribution in [2.24, 2.45) is 0 Å². The quantitative estimate of drug-likeness (QED) is 0.598. The van der Waals surface area contributed by atoms with Crippen LogP contribution < -0.4 is 9.47 Å². The first-order valence-corrected chi connectivity index (χ1v) is 5.78. The number of benzene rings is 1. The first-order chi connectivity index (χ1) is 7.67. The highest BCUT2D eigenvalue weighted by Gasteiger charge is 2.15. The normalized spacial score (nSPS) is 9.75. The second kappa shape index (κ2) is 5.65. The summed E-state index contributed by atoms with van der Waals surface area (Å²) in [5.74, 6) is 0.795. The van der Waals surface area contributed by atoms with Crippen molar-refractivity contribution in [2.45, 2.75) is 4.90 Å². The van der Waals surface area contributed by atoms with Gasteiger partial charge in [-0.25, -0.2) is 4.79 Å². The van der Waals surface area contributed by atoms with E-state index in [-0.39, 0.29) is 0 Å². The van der Waals surface area contributed by atoms with E-state index >= 15 is 0 Å². The van der Waals surface area contributed by atoms with Crippen LogP contribution in [0.1, 0.15) is 10.4 Å². The number of hydrogen-bond donors (Lipinski definition) is 0. The van der Waals surface area contributed by atoms with Gasteiger partial charge >= 0.3 is 5.97 Å². The largest absolute Gasteiger partial charge is 0.495 e. The smallest absolute Gasteiger partial charge is 0.338 e. The number of thioether (sulfide) groups is 1. The Morgan fingerprint density at radius 1 is 1.12 bits per heavy atom. The molecule has 1 aromatic rings. The van der Waals surface area contributed by atoms with Crippen LogP contribution in [0.3, 0.4) is 0 Å². The minimum Gasteiger partial charge on any atom is -0.495 e. The molecule has 1 rings (SSSR count). The Morgan fingerprint density at radius 3 is 1.94 bits per heavy atom. The van der Waals surface area contributed by atoms with Crippen molar-refractivity contribution in [3.8, 4) is 11.5 Å². The third-order valence-electron chi connectivity index (χ3n) is 2.09. The average molecular weight is 242 g/mol. The van der Waals surface area contributed by atoms with E-state index in [4.69, 9.17) is 9.47 Å². The van der Waals surface area contributed by atoms with E-state index in [0.717, 1.165) is 4.90 Å². The van der Waals surface area contributed by atoms with Gasteiger partial charge in [-0.3, -0.25) is 0 Å². The van der Waals surface area contributed by atoms with Crippen LogP contribution in [0.4, 0.5) is 0 Å². The van der Waals surface area contributed by atoms with E-state index in [9.17, 15) is 4.79 Å². The molecule has 0 radical (unpaired) electrons. The van der Waals surface area contributed by atoms with E-state index in [0.29, 0.717) is 17.1 Å². The highest BCUT2D eigenvalue weighted by Crippen LogP contribution is 2.37. The van der Waals surface area contributed by atoms with Gasteiger partial charge in [-0.2, -0.15) is 0 Å². The fourth-order valence-electron chi connectivity index (χ4n) is 1.32. The molecule has 0 heterocycles. The molecule has 0 N–H and O–H groups in total. The van der Waals surface area contributed by atoms with Crippen LogP contribution in [0.15, 0.2) is 17.0 Å². The molecule has 88 valence electrons. The van der Waals surface area contributed by atoms with Gasteiger partial charge in [0.15, 0.2) is 0 Å². The van der Waals surface area contributed by atoms with Gasteiger partial charge in [-0.1, -0.05) is 0 Å². The van der Waals surface area contributed by atoms with Crippen molar-refractivity contribution in [3.05, 3.63) is 17.7 Å². The molecule has 0 bridgehead atoms. The SMILES string of the molecule is COC(=O)c1cc(OC)c(SC)c(OC)c1. The Balaban J connectivity index is 3.31. The lowest BCUT2D eigenvalue weighted by atomic mass is 10.2. The van der Waals surface area contributed by atoms with E-state index in [2.05, 4.69) is 4.74 Å². The van der Waals surface area contributed by atoms with Crippen molar-refractivity contribution in [2.75, 3.05) is 27.6 Å². The summed E-state index contributed by atoms with van der Waals surface area (Å²) in [6.07, 6.45) is 1.91. The highest BCUT2D eigenvalue weighted by atomic mass is 32.2. The standard InChI is InChI=1S/C11H14O4S/c1-13-8-5-7(11(12)15-3)6-9(14-2)10(8)16-4/h5-6H,1-4H3. The third-order valence-corrected chi connectivity index (χ3v) is 2.90. The summed E-state index contributed by atoms with van der Waals surface area (Å²) in [6, 6.07) is 3.28. The number of carbonyl (C=O) groups is 1. The molecule has 1 aromatic carbocycles. The maximum atomic E-state index is 11.4. The molecule has 16 heavy (non-hydrogen) atoms. The summed E-state index contributed by atoms with van der Waals surface area (Å²) in [4.78, 5) is 12.3. The van der Waals surface area contributed by atoms with Crippen molar-refractivity contribution in [1.29, 1.82) is 0 Å². The Kier molecular flexibility index (Phi) is 4.49. The van der Waals surface area contributed by atoms with Gasteiger partial charge in [0.2, 0.25) is 0 Å². The number of ether oxygens (including phenoxy) is 3. The summed E-state index contributed by atoms with van der Waals surface area (Å²) in [5.41, 5.74) is 0.411. The van der Waals surface area contributed by atoms with Gasteiger partial charge in [0, 0.05) is 0 Å². The van der Waals surface area contributed by atoms with Crippen LogP contribution >= 0.6 is 11.8 Å². The van der Waals surface area contributed by atoms with Gasteiger partial charge in [-0.05, 0) is 18.4 Å². The number of rotatable bonds is 4. The lowest BCUT2D eigenvalue weighted by Crippen LogP contribution is -2.03. The van der Waals surface area contributed by atoms with Gasteiger partial charge in [0.1, 0.15) is 11.5 Å². The topological polar surface area (TPSA) is 44.8 Å². The fourth-order valence-corrected chi connectivity index (χ4v) is 2.00. The molecule has 0 aliphatic heterocycles. The summed E-state index contributed by atoms with van der Waals surface area (Å²) >= 11 is 1.50. The molecule has 4 nitrogen and oxygen atoms in total. The summed E-state index contributed by atoms with van der Waals surface area (Å²) < 4.78 is 15.1. The van der Waals surface area contributed by atoms with Crippen LogP contribution in [-0.4, -0.2) is 33.6 Å². The maximum Gasteiger partial charge on any atom is 0.338 e. The van der Waals surface area contributed by atoms with E-state index < -0.39 is 5.97 Å². The monoisotopic (exact) mass is 242 g/mol. The highest BCUT2D eigenvalue weighted by molar-refractivity contribution is 7.98. The minimum atomic E-state index is -0.413. The van der Waals surface area contributed by atoms with E-state index in [1.54, 1.807) is 26.4 Å². The van der Waals surface area contributed by atoms with Gasteiger partial charge < -0.3 is 14.2 Å². The molecule has 0 aliphatic carbocycles. The van der Waals surface area contributed by atoms with Gasteiger partial charge in [0.25, 0.3) is 0 Å². The van der Waals surface area contributed by atoms with Crippen molar-refractivity contribution in [1.82, 2.24) is 0 Å². The maximum absolute atomic E-state index is 11.4. The molecule has 0 spiro atoms. The second-order valence-corrected chi connectivity index (χ2v) is 3.72. The molecule has 0 unspecified atom stereocenters. The lowest BCUT2D eigenvalue weighted by molar-refractivity contribution is 0.0599. The first-order valence-electron chi connectivity index (χ1n) is 4.56. The molecular weight excluding hydrogens is 228 g/mol.